The summed E-state index contributed by atoms with van der Waals surface area (Å²) in [5.41, 5.74) is 3.71. The number of nitrogens with zero attached hydrogens (tertiary/aromatic N) is 3. The van der Waals surface area contributed by atoms with Crippen molar-refractivity contribution in [1.29, 1.82) is 0 Å². The van der Waals surface area contributed by atoms with Gasteiger partial charge in [0.05, 0.1) is 11.1 Å². The molecule has 136 valence electrons. The third-order valence-corrected chi connectivity index (χ3v) is 4.40. The number of aryl methyl sites for hydroxylation is 2. The van der Waals surface area contributed by atoms with Gasteiger partial charge in [-0.2, -0.15) is 10.1 Å². The van der Waals surface area contributed by atoms with Gasteiger partial charge in [0, 0.05) is 19.2 Å². The smallest absolute Gasteiger partial charge is 0.258 e. The van der Waals surface area contributed by atoms with E-state index in [-0.39, 0.29) is 18.6 Å². The summed E-state index contributed by atoms with van der Waals surface area (Å²) in [4.78, 5) is 16.5. The molecule has 0 unspecified atom stereocenters. The number of fused-ring (bicyclic) bond motifs is 1. The third-order valence-electron chi connectivity index (χ3n) is 4.40. The van der Waals surface area contributed by atoms with Crippen molar-refractivity contribution in [3.63, 3.8) is 0 Å². The van der Waals surface area contributed by atoms with Gasteiger partial charge in [0.2, 0.25) is 5.88 Å². The zero-order chi connectivity index (χ0) is 18.7. The van der Waals surface area contributed by atoms with E-state index in [0.29, 0.717) is 5.88 Å². The molecular weight excluding hydrogens is 328 g/mol. The monoisotopic (exact) mass is 352 g/mol. The molecule has 6 heteroatoms. The van der Waals surface area contributed by atoms with Crippen LogP contribution in [0.5, 0.6) is 5.88 Å². The first-order valence-corrected chi connectivity index (χ1v) is 8.81. The largest absolute Gasteiger partial charge is 0.467 e. The van der Waals surface area contributed by atoms with Crippen molar-refractivity contribution in [2.45, 2.75) is 33.2 Å². The maximum absolute atomic E-state index is 12.0. The zero-order valence-electron chi connectivity index (χ0n) is 15.6. The normalized spacial score (nSPS) is 12.2. The van der Waals surface area contributed by atoms with Crippen LogP contribution in [0.2, 0.25) is 0 Å². The summed E-state index contributed by atoms with van der Waals surface area (Å²) in [6.45, 7) is 5.90. The van der Waals surface area contributed by atoms with Crippen LogP contribution in [0.15, 0.2) is 36.4 Å². The second-order valence-electron chi connectivity index (χ2n) is 6.45. The van der Waals surface area contributed by atoms with Crippen molar-refractivity contribution in [2.24, 2.45) is 7.05 Å². The van der Waals surface area contributed by atoms with Crippen LogP contribution in [0, 0.1) is 6.92 Å². The molecule has 0 radical (unpaired) electrons. The molecule has 0 aliphatic heterocycles. The first kappa shape index (κ1) is 17.9. The Bertz CT molecular complexity index is 918. The van der Waals surface area contributed by atoms with Crippen molar-refractivity contribution in [3.8, 4) is 17.0 Å². The van der Waals surface area contributed by atoms with Gasteiger partial charge >= 0.3 is 0 Å². The lowest BCUT2D eigenvalue weighted by atomic mass is 10.0. The van der Waals surface area contributed by atoms with Crippen LogP contribution in [0.4, 0.5) is 0 Å². The highest BCUT2D eigenvalue weighted by molar-refractivity contribution is 5.95. The van der Waals surface area contributed by atoms with Gasteiger partial charge in [0.1, 0.15) is 0 Å². The van der Waals surface area contributed by atoms with Gasteiger partial charge < -0.3 is 10.1 Å². The Morgan fingerprint density at radius 3 is 2.73 bits per heavy atom. The van der Waals surface area contributed by atoms with E-state index in [9.17, 15) is 4.79 Å². The summed E-state index contributed by atoms with van der Waals surface area (Å²) in [5.74, 6) is 0.266. The van der Waals surface area contributed by atoms with E-state index in [1.165, 1.54) is 0 Å². The van der Waals surface area contributed by atoms with E-state index in [2.05, 4.69) is 15.4 Å². The Morgan fingerprint density at radius 1 is 1.31 bits per heavy atom. The molecule has 0 spiro atoms. The molecule has 0 saturated carbocycles. The zero-order valence-corrected chi connectivity index (χ0v) is 15.6. The highest BCUT2D eigenvalue weighted by Crippen LogP contribution is 2.32. The summed E-state index contributed by atoms with van der Waals surface area (Å²) in [6.07, 6.45) is 0.877. The summed E-state index contributed by atoms with van der Waals surface area (Å²) in [6, 6.07) is 12.1. The molecule has 2 aromatic heterocycles. The van der Waals surface area contributed by atoms with Gasteiger partial charge in [0.15, 0.2) is 12.3 Å². The first-order chi connectivity index (χ1) is 12.5. The van der Waals surface area contributed by atoms with Crippen molar-refractivity contribution in [3.05, 3.63) is 42.1 Å². The second-order valence-corrected chi connectivity index (χ2v) is 6.45. The van der Waals surface area contributed by atoms with Crippen LogP contribution >= 0.6 is 0 Å². The molecule has 0 aliphatic carbocycles. The minimum atomic E-state index is -0.149. The summed E-state index contributed by atoms with van der Waals surface area (Å²) < 4.78 is 7.42. The Labute approximate surface area is 153 Å². The number of carbonyl (C=O) groups excluding carboxylic acids is 1. The molecule has 3 aromatic rings. The van der Waals surface area contributed by atoms with E-state index < -0.39 is 0 Å². The maximum atomic E-state index is 12.0. The second kappa shape index (κ2) is 7.56. The summed E-state index contributed by atoms with van der Waals surface area (Å²) in [5, 5.41) is 8.37. The van der Waals surface area contributed by atoms with E-state index in [4.69, 9.17) is 4.74 Å². The standard InChI is InChI=1S/C20H24N4O2/c1-5-13(2)21-17(25)12-26-18-11-16(15-9-7-6-8-10-15)19-14(3)23-24(4)20(19)22-18/h6-11,13H,5,12H2,1-4H3,(H,21,25)/t13-/m1/s1. The van der Waals surface area contributed by atoms with Crippen molar-refractivity contribution < 1.29 is 9.53 Å². The van der Waals surface area contributed by atoms with Crippen LogP contribution in [0.3, 0.4) is 0 Å². The highest BCUT2D eigenvalue weighted by Gasteiger charge is 2.16. The first-order valence-electron chi connectivity index (χ1n) is 8.81. The molecule has 0 aliphatic rings. The average Bonchev–Trinajstić information content (AvgIpc) is 2.94. The van der Waals surface area contributed by atoms with Gasteiger partial charge in [-0.05, 0) is 31.4 Å². The van der Waals surface area contributed by atoms with Gasteiger partial charge in [0.25, 0.3) is 5.91 Å². The number of amides is 1. The molecule has 1 aromatic carbocycles. The highest BCUT2D eigenvalue weighted by atomic mass is 16.5. The number of hydrogen-bond acceptors (Lipinski definition) is 4. The summed E-state index contributed by atoms with van der Waals surface area (Å²) in [7, 11) is 1.86. The van der Waals surface area contributed by atoms with Crippen LogP contribution < -0.4 is 10.1 Å². The number of hydrogen-bond donors (Lipinski definition) is 1. The van der Waals surface area contributed by atoms with Gasteiger partial charge in [-0.15, -0.1) is 0 Å². The SMILES string of the molecule is CC[C@@H](C)NC(=O)COc1cc(-c2ccccc2)c2c(C)nn(C)c2n1. The number of nitrogens with one attached hydrogen (secondary N) is 1. The number of carbonyl (C=O) groups is 1. The van der Waals surface area contributed by atoms with Crippen LogP contribution in [-0.4, -0.2) is 33.3 Å². The quantitative estimate of drug-likeness (QED) is 0.739. The number of rotatable bonds is 6. The molecule has 3 rings (SSSR count). The molecule has 6 nitrogen and oxygen atoms in total. The van der Waals surface area contributed by atoms with Crippen molar-refractivity contribution in [1.82, 2.24) is 20.1 Å². The van der Waals surface area contributed by atoms with Gasteiger partial charge in [-0.25, -0.2) is 0 Å². The molecule has 0 bridgehead atoms. The molecule has 1 N–H and O–H groups in total. The fourth-order valence-electron chi connectivity index (χ4n) is 2.90. The lowest BCUT2D eigenvalue weighted by Gasteiger charge is -2.13. The number of ether oxygens (including phenoxy) is 1. The van der Waals surface area contributed by atoms with Crippen LogP contribution in [0.25, 0.3) is 22.2 Å². The van der Waals surface area contributed by atoms with Crippen molar-refractivity contribution >= 4 is 16.9 Å². The third kappa shape index (κ3) is 3.69. The molecule has 0 fully saturated rings. The van der Waals surface area contributed by atoms with Crippen molar-refractivity contribution in [2.75, 3.05) is 6.61 Å². The predicted molar refractivity (Wildman–Crippen MR) is 102 cm³/mol. The molecule has 1 amide bonds. The van der Waals surface area contributed by atoms with E-state index in [0.717, 1.165) is 34.3 Å². The van der Waals surface area contributed by atoms with E-state index in [1.807, 2.05) is 64.2 Å². The van der Waals surface area contributed by atoms with E-state index in [1.54, 1.807) is 4.68 Å². The average molecular weight is 352 g/mol. The van der Waals surface area contributed by atoms with Gasteiger partial charge in [-0.3, -0.25) is 9.48 Å². The number of benzene rings is 1. The van der Waals surface area contributed by atoms with E-state index >= 15 is 0 Å². The minimum Gasteiger partial charge on any atom is -0.467 e. The van der Waals surface area contributed by atoms with Gasteiger partial charge in [-0.1, -0.05) is 37.3 Å². The fraction of sp³-hybridized carbons (Fsp3) is 0.350. The Hall–Kier alpha value is -2.89. The molecule has 0 saturated heterocycles. The predicted octanol–water partition coefficient (Wildman–Crippen LogP) is 3.24. The fourth-order valence-corrected chi connectivity index (χ4v) is 2.90. The lowest BCUT2D eigenvalue weighted by Crippen LogP contribution is -2.35. The molecule has 2 heterocycles. The molecular formula is C20H24N4O2. The molecule has 26 heavy (non-hydrogen) atoms. The number of pyridine rings is 1. The van der Waals surface area contributed by atoms with Crippen LogP contribution in [0.1, 0.15) is 26.0 Å². The Balaban J connectivity index is 1.95. The summed E-state index contributed by atoms with van der Waals surface area (Å²) >= 11 is 0. The Morgan fingerprint density at radius 2 is 2.04 bits per heavy atom. The Kier molecular flexibility index (Phi) is 5.21. The minimum absolute atomic E-state index is 0.0616. The topological polar surface area (TPSA) is 69.0 Å². The maximum Gasteiger partial charge on any atom is 0.258 e. The molecule has 1 atom stereocenters. The van der Waals surface area contributed by atoms with Crippen LogP contribution in [-0.2, 0) is 11.8 Å². The lowest BCUT2D eigenvalue weighted by molar-refractivity contribution is -0.123. The number of aromatic nitrogens is 3.